The van der Waals surface area contributed by atoms with Gasteiger partial charge in [-0.15, -0.1) is 0 Å². The number of anilines is 1. The summed E-state index contributed by atoms with van der Waals surface area (Å²) in [7, 11) is 0. The van der Waals surface area contributed by atoms with Gasteiger partial charge in [0.2, 0.25) is 0 Å². The maximum absolute atomic E-state index is 12.2. The van der Waals surface area contributed by atoms with E-state index in [1.807, 2.05) is 42.0 Å². The molecule has 0 bridgehead atoms. The third-order valence-corrected chi connectivity index (χ3v) is 3.36. The van der Waals surface area contributed by atoms with Crippen molar-refractivity contribution < 1.29 is 9.53 Å². The highest BCUT2D eigenvalue weighted by molar-refractivity contribution is 6.04. The van der Waals surface area contributed by atoms with Gasteiger partial charge in [0.05, 0.1) is 12.9 Å². The first-order chi connectivity index (χ1) is 11.3. The van der Waals surface area contributed by atoms with E-state index in [2.05, 4.69) is 10.3 Å². The highest BCUT2D eigenvalue weighted by Crippen LogP contribution is 2.16. The van der Waals surface area contributed by atoms with E-state index in [-0.39, 0.29) is 5.91 Å². The van der Waals surface area contributed by atoms with Crippen LogP contribution in [0.15, 0.2) is 67.3 Å². The molecule has 5 nitrogen and oxygen atoms in total. The summed E-state index contributed by atoms with van der Waals surface area (Å²) in [5, 5.41) is 2.88. The van der Waals surface area contributed by atoms with E-state index in [0.717, 1.165) is 17.1 Å². The molecule has 0 aliphatic rings. The highest BCUT2D eigenvalue weighted by Gasteiger charge is 2.06. The summed E-state index contributed by atoms with van der Waals surface area (Å²) in [6.45, 7) is 2.53. The SMILES string of the molecule is CCOc1ccc(C(=O)Nc2ccc(-n3ccnc3)cc2)cc1. The fourth-order valence-electron chi connectivity index (χ4n) is 2.20. The second kappa shape index (κ2) is 6.79. The van der Waals surface area contributed by atoms with Gasteiger partial charge in [-0.05, 0) is 55.5 Å². The number of hydrogen-bond donors (Lipinski definition) is 1. The predicted octanol–water partition coefficient (Wildman–Crippen LogP) is 3.52. The average molecular weight is 307 g/mol. The Labute approximate surface area is 134 Å². The Morgan fingerprint density at radius 1 is 1.13 bits per heavy atom. The van der Waals surface area contributed by atoms with Crippen molar-refractivity contribution in [3.8, 4) is 11.4 Å². The van der Waals surface area contributed by atoms with E-state index in [0.29, 0.717) is 12.2 Å². The van der Waals surface area contributed by atoms with Crippen LogP contribution < -0.4 is 10.1 Å². The lowest BCUT2D eigenvalue weighted by Gasteiger charge is -2.08. The van der Waals surface area contributed by atoms with Crippen LogP contribution in [0.25, 0.3) is 5.69 Å². The van der Waals surface area contributed by atoms with Gasteiger partial charge in [0.25, 0.3) is 5.91 Å². The Balaban J connectivity index is 1.67. The molecule has 0 saturated heterocycles. The van der Waals surface area contributed by atoms with Crippen molar-refractivity contribution >= 4 is 11.6 Å². The first-order valence-corrected chi connectivity index (χ1v) is 7.39. The van der Waals surface area contributed by atoms with Crippen LogP contribution in [0.1, 0.15) is 17.3 Å². The van der Waals surface area contributed by atoms with Crippen LogP contribution in [0.3, 0.4) is 0 Å². The number of imidazole rings is 1. The smallest absolute Gasteiger partial charge is 0.255 e. The van der Waals surface area contributed by atoms with Crippen molar-refractivity contribution in [2.24, 2.45) is 0 Å². The van der Waals surface area contributed by atoms with E-state index < -0.39 is 0 Å². The highest BCUT2D eigenvalue weighted by atomic mass is 16.5. The Morgan fingerprint density at radius 3 is 2.48 bits per heavy atom. The van der Waals surface area contributed by atoms with Crippen molar-refractivity contribution in [1.29, 1.82) is 0 Å². The molecule has 3 rings (SSSR count). The second-order valence-corrected chi connectivity index (χ2v) is 4.93. The number of amides is 1. The van der Waals surface area contributed by atoms with E-state index in [4.69, 9.17) is 4.74 Å². The van der Waals surface area contributed by atoms with Crippen LogP contribution in [0.4, 0.5) is 5.69 Å². The molecule has 0 aliphatic carbocycles. The number of aromatic nitrogens is 2. The first kappa shape index (κ1) is 14.8. The van der Waals surface area contributed by atoms with Crippen LogP contribution in [0, 0.1) is 0 Å². The summed E-state index contributed by atoms with van der Waals surface area (Å²) >= 11 is 0. The molecule has 0 atom stereocenters. The number of rotatable bonds is 5. The third kappa shape index (κ3) is 3.58. The van der Waals surface area contributed by atoms with Crippen LogP contribution in [-0.2, 0) is 0 Å². The van der Waals surface area contributed by atoms with Crippen LogP contribution in [0.2, 0.25) is 0 Å². The summed E-state index contributed by atoms with van der Waals surface area (Å²) < 4.78 is 7.27. The lowest BCUT2D eigenvalue weighted by molar-refractivity contribution is 0.102. The quantitative estimate of drug-likeness (QED) is 0.784. The fourth-order valence-corrected chi connectivity index (χ4v) is 2.20. The number of nitrogens with zero attached hydrogens (tertiary/aromatic N) is 2. The van der Waals surface area contributed by atoms with Gasteiger partial charge in [-0.1, -0.05) is 0 Å². The predicted molar refractivity (Wildman–Crippen MR) is 89.1 cm³/mol. The molecular formula is C18H17N3O2. The topological polar surface area (TPSA) is 56.1 Å². The molecule has 3 aromatic rings. The number of benzene rings is 2. The number of ether oxygens (including phenoxy) is 1. The van der Waals surface area contributed by atoms with Crippen LogP contribution in [-0.4, -0.2) is 22.1 Å². The van der Waals surface area contributed by atoms with Gasteiger partial charge in [0.1, 0.15) is 5.75 Å². The van der Waals surface area contributed by atoms with Crippen molar-refractivity contribution in [3.05, 3.63) is 72.8 Å². The Kier molecular flexibility index (Phi) is 4.38. The molecule has 1 amide bonds. The monoisotopic (exact) mass is 307 g/mol. The summed E-state index contributed by atoms with van der Waals surface area (Å²) in [5.74, 6) is 0.608. The zero-order valence-corrected chi connectivity index (χ0v) is 12.8. The molecule has 1 heterocycles. The number of carbonyl (C=O) groups is 1. The molecule has 0 radical (unpaired) electrons. The molecule has 1 aromatic heterocycles. The molecule has 5 heteroatoms. The molecule has 2 aromatic carbocycles. The van der Waals surface area contributed by atoms with E-state index in [1.165, 1.54) is 0 Å². The summed E-state index contributed by atoms with van der Waals surface area (Å²) in [4.78, 5) is 16.2. The second-order valence-electron chi connectivity index (χ2n) is 4.93. The van der Waals surface area contributed by atoms with Crippen molar-refractivity contribution in [1.82, 2.24) is 9.55 Å². The van der Waals surface area contributed by atoms with Gasteiger partial charge in [-0.25, -0.2) is 4.98 Å². The summed E-state index contributed by atoms with van der Waals surface area (Å²) in [5.41, 5.74) is 2.32. The van der Waals surface area contributed by atoms with Crippen molar-refractivity contribution in [2.75, 3.05) is 11.9 Å². The average Bonchev–Trinajstić information content (AvgIpc) is 3.11. The maximum atomic E-state index is 12.2. The van der Waals surface area contributed by atoms with Crippen LogP contribution >= 0.6 is 0 Å². The normalized spacial score (nSPS) is 10.3. The van der Waals surface area contributed by atoms with Gasteiger partial charge < -0.3 is 14.6 Å². The standard InChI is InChI=1S/C18H17N3O2/c1-2-23-17-9-3-14(4-10-17)18(22)20-15-5-7-16(8-6-15)21-12-11-19-13-21/h3-13H,2H2,1H3,(H,20,22). The van der Waals surface area contributed by atoms with E-state index in [1.54, 1.807) is 36.8 Å². The molecule has 0 spiro atoms. The Hall–Kier alpha value is -3.08. The summed E-state index contributed by atoms with van der Waals surface area (Å²) in [6.07, 6.45) is 5.32. The lowest BCUT2D eigenvalue weighted by Crippen LogP contribution is -2.11. The molecule has 0 saturated carbocycles. The Bertz CT molecular complexity index is 763. The molecule has 0 unspecified atom stereocenters. The third-order valence-electron chi connectivity index (χ3n) is 3.36. The first-order valence-electron chi connectivity index (χ1n) is 7.39. The zero-order valence-electron chi connectivity index (χ0n) is 12.8. The fraction of sp³-hybridized carbons (Fsp3) is 0.111. The molecule has 1 N–H and O–H groups in total. The molecule has 23 heavy (non-hydrogen) atoms. The van der Waals surface area contributed by atoms with Gasteiger partial charge in [-0.3, -0.25) is 4.79 Å². The van der Waals surface area contributed by atoms with Gasteiger partial charge in [0.15, 0.2) is 0 Å². The minimum absolute atomic E-state index is 0.150. The number of nitrogens with one attached hydrogen (secondary N) is 1. The number of hydrogen-bond acceptors (Lipinski definition) is 3. The van der Waals surface area contributed by atoms with Gasteiger partial charge in [0, 0.05) is 29.3 Å². The van der Waals surface area contributed by atoms with E-state index in [9.17, 15) is 4.79 Å². The Morgan fingerprint density at radius 2 is 1.87 bits per heavy atom. The molecular weight excluding hydrogens is 290 g/mol. The van der Waals surface area contributed by atoms with E-state index >= 15 is 0 Å². The minimum Gasteiger partial charge on any atom is -0.494 e. The van der Waals surface area contributed by atoms with Gasteiger partial charge >= 0.3 is 0 Å². The largest absolute Gasteiger partial charge is 0.494 e. The number of carbonyl (C=O) groups excluding carboxylic acids is 1. The van der Waals surface area contributed by atoms with Crippen LogP contribution in [0.5, 0.6) is 5.75 Å². The van der Waals surface area contributed by atoms with Crippen molar-refractivity contribution in [2.45, 2.75) is 6.92 Å². The molecule has 0 aliphatic heterocycles. The molecule has 116 valence electrons. The lowest BCUT2D eigenvalue weighted by atomic mass is 10.2. The molecule has 0 fully saturated rings. The minimum atomic E-state index is -0.150. The summed E-state index contributed by atoms with van der Waals surface area (Å²) in [6, 6.07) is 14.7. The maximum Gasteiger partial charge on any atom is 0.255 e. The van der Waals surface area contributed by atoms with Gasteiger partial charge in [-0.2, -0.15) is 0 Å². The van der Waals surface area contributed by atoms with Crippen molar-refractivity contribution in [3.63, 3.8) is 0 Å². The zero-order chi connectivity index (χ0) is 16.1.